The van der Waals surface area contributed by atoms with Gasteiger partial charge < -0.3 is 14.3 Å². The van der Waals surface area contributed by atoms with Crippen molar-refractivity contribution in [2.24, 2.45) is 7.05 Å². The minimum absolute atomic E-state index is 0.169. The first-order chi connectivity index (χ1) is 12.5. The number of fused-ring (bicyclic) bond motifs is 1. The van der Waals surface area contributed by atoms with Gasteiger partial charge in [0.2, 0.25) is 5.71 Å². The smallest absolute Gasteiger partial charge is 0.265 e. The standard InChI is InChI=1S/C19H15N3O3S/c1-11-15(16-18(25-11)20-10-22(2)19(16)24)17(23)21-14-5-3-4-12(8-14)13-6-7-26-9-13/h3-10H,1-2H3,(H,21,23). The normalized spacial score (nSPS) is 11.0. The van der Waals surface area contributed by atoms with Gasteiger partial charge in [-0.1, -0.05) is 12.1 Å². The summed E-state index contributed by atoms with van der Waals surface area (Å²) in [7, 11) is 1.59. The molecule has 3 aromatic heterocycles. The summed E-state index contributed by atoms with van der Waals surface area (Å²) in [5.74, 6) is -0.0314. The van der Waals surface area contributed by atoms with Gasteiger partial charge in [0.05, 0.1) is 5.56 Å². The van der Waals surface area contributed by atoms with Crippen LogP contribution in [0.3, 0.4) is 0 Å². The third-order valence-electron chi connectivity index (χ3n) is 4.15. The Morgan fingerprint density at radius 2 is 2.12 bits per heavy atom. The molecule has 3 heterocycles. The van der Waals surface area contributed by atoms with Gasteiger partial charge in [-0.25, -0.2) is 4.98 Å². The van der Waals surface area contributed by atoms with E-state index in [0.717, 1.165) is 11.1 Å². The molecule has 0 saturated heterocycles. The summed E-state index contributed by atoms with van der Waals surface area (Å²) in [6.45, 7) is 1.65. The Morgan fingerprint density at radius 3 is 2.88 bits per heavy atom. The lowest BCUT2D eigenvalue weighted by Crippen LogP contribution is -2.20. The van der Waals surface area contributed by atoms with Crippen LogP contribution in [-0.2, 0) is 7.05 Å². The van der Waals surface area contributed by atoms with Crippen molar-refractivity contribution in [2.45, 2.75) is 6.92 Å². The fourth-order valence-corrected chi connectivity index (χ4v) is 3.52. The molecule has 130 valence electrons. The van der Waals surface area contributed by atoms with Crippen LogP contribution in [0.5, 0.6) is 0 Å². The highest BCUT2D eigenvalue weighted by Gasteiger charge is 2.22. The minimum atomic E-state index is -0.395. The summed E-state index contributed by atoms with van der Waals surface area (Å²) in [4.78, 5) is 29.3. The van der Waals surface area contributed by atoms with Crippen molar-refractivity contribution in [3.8, 4) is 11.1 Å². The zero-order valence-corrected chi connectivity index (χ0v) is 15.0. The molecule has 0 atom stereocenters. The number of hydrogen-bond donors (Lipinski definition) is 1. The van der Waals surface area contributed by atoms with Crippen molar-refractivity contribution >= 4 is 34.0 Å². The van der Waals surface area contributed by atoms with Crippen LogP contribution in [0.4, 0.5) is 5.69 Å². The number of hydrogen-bond acceptors (Lipinski definition) is 5. The molecule has 1 aromatic carbocycles. The molecule has 1 amide bonds. The summed E-state index contributed by atoms with van der Waals surface area (Å²) in [6.07, 6.45) is 1.37. The molecule has 6 nitrogen and oxygen atoms in total. The van der Waals surface area contributed by atoms with Gasteiger partial charge >= 0.3 is 0 Å². The van der Waals surface area contributed by atoms with Crippen molar-refractivity contribution in [1.82, 2.24) is 9.55 Å². The van der Waals surface area contributed by atoms with Crippen LogP contribution in [0.25, 0.3) is 22.2 Å². The van der Waals surface area contributed by atoms with Crippen molar-refractivity contribution in [3.63, 3.8) is 0 Å². The van der Waals surface area contributed by atoms with E-state index in [1.54, 1.807) is 25.3 Å². The highest BCUT2D eigenvalue weighted by molar-refractivity contribution is 7.08. The molecule has 4 aromatic rings. The van der Waals surface area contributed by atoms with Crippen LogP contribution in [0.1, 0.15) is 16.1 Å². The van der Waals surface area contributed by atoms with E-state index in [1.807, 2.05) is 41.1 Å². The first-order valence-corrected chi connectivity index (χ1v) is 8.87. The van der Waals surface area contributed by atoms with E-state index in [9.17, 15) is 9.59 Å². The lowest BCUT2D eigenvalue weighted by molar-refractivity contribution is 0.102. The molecule has 0 spiro atoms. The zero-order valence-electron chi connectivity index (χ0n) is 14.1. The van der Waals surface area contributed by atoms with Crippen LogP contribution in [0.2, 0.25) is 0 Å². The quantitative estimate of drug-likeness (QED) is 0.599. The van der Waals surface area contributed by atoms with Gasteiger partial charge in [-0.3, -0.25) is 9.59 Å². The number of aromatic nitrogens is 2. The molecule has 0 saturated carbocycles. The second kappa shape index (κ2) is 6.27. The number of nitrogens with zero attached hydrogens (tertiary/aromatic N) is 2. The third-order valence-corrected chi connectivity index (χ3v) is 4.83. The zero-order chi connectivity index (χ0) is 18.3. The van der Waals surface area contributed by atoms with Gasteiger partial charge in [-0.05, 0) is 47.0 Å². The second-order valence-electron chi connectivity index (χ2n) is 5.92. The highest BCUT2D eigenvalue weighted by Crippen LogP contribution is 2.26. The molecule has 4 rings (SSSR count). The Balaban J connectivity index is 1.73. The van der Waals surface area contributed by atoms with E-state index in [-0.39, 0.29) is 22.2 Å². The molecule has 0 aliphatic rings. The van der Waals surface area contributed by atoms with Gasteiger partial charge in [0.1, 0.15) is 17.5 Å². The Bertz CT molecular complexity index is 1170. The summed E-state index contributed by atoms with van der Waals surface area (Å²) in [5.41, 5.74) is 2.82. The van der Waals surface area contributed by atoms with Gasteiger partial charge in [0.15, 0.2) is 0 Å². The lowest BCUT2D eigenvalue weighted by Gasteiger charge is -2.07. The van der Waals surface area contributed by atoms with Crippen LogP contribution in [0, 0.1) is 6.92 Å². The molecule has 0 unspecified atom stereocenters. The number of aryl methyl sites for hydroxylation is 2. The van der Waals surface area contributed by atoms with E-state index in [4.69, 9.17) is 4.42 Å². The number of amides is 1. The molecule has 26 heavy (non-hydrogen) atoms. The molecular formula is C19H15N3O3S. The van der Waals surface area contributed by atoms with E-state index in [0.29, 0.717) is 11.4 Å². The molecule has 0 aliphatic carbocycles. The summed E-state index contributed by atoms with van der Waals surface area (Å²) in [6, 6.07) is 9.59. The van der Waals surface area contributed by atoms with Crippen molar-refractivity contribution < 1.29 is 9.21 Å². The van der Waals surface area contributed by atoms with E-state index in [2.05, 4.69) is 10.3 Å². The maximum atomic E-state index is 12.8. The number of benzene rings is 1. The first-order valence-electron chi connectivity index (χ1n) is 7.93. The SMILES string of the molecule is Cc1oc2ncn(C)c(=O)c2c1C(=O)Nc1cccc(-c2ccsc2)c1. The number of carbonyl (C=O) groups excluding carboxylic acids is 1. The van der Waals surface area contributed by atoms with Crippen molar-refractivity contribution in [2.75, 3.05) is 5.32 Å². The Labute approximate surface area is 152 Å². The Kier molecular flexibility index (Phi) is 3.93. The maximum absolute atomic E-state index is 12.8. The molecule has 1 N–H and O–H groups in total. The van der Waals surface area contributed by atoms with Crippen LogP contribution < -0.4 is 10.9 Å². The molecule has 7 heteroatoms. The van der Waals surface area contributed by atoms with Crippen LogP contribution in [-0.4, -0.2) is 15.5 Å². The van der Waals surface area contributed by atoms with E-state index in [1.165, 1.54) is 10.9 Å². The molecule has 0 bridgehead atoms. The Hall–Kier alpha value is -3.19. The predicted molar refractivity (Wildman–Crippen MR) is 102 cm³/mol. The van der Waals surface area contributed by atoms with Crippen LogP contribution >= 0.6 is 11.3 Å². The largest absolute Gasteiger partial charge is 0.442 e. The third kappa shape index (κ3) is 2.72. The average Bonchev–Trinajstić information content (AvgIpc) is 3.26. The molecule has 0 radical (unpaired) electrons. The topological polar surface area (TPSA) is 77.1 Å². The van der Waals surface area contributed by atoms with Crippen molar-refractivity contribution in [1.29, 1.82) is 0 Å². The fraction of sp³-hybridized carbons (Fsp3) is 0.105. The van der Waals surface area contributed by atoms with E-state index >= 15 is 0 Å². The number of carbonyl (C=O) groups is 1. The maximum Gasteiger partial charge on any atom is 0.265 e. The molecule has 0 aliphatic heterocycles. The average molecular weight is 365 g/mol. The van der Waals surface area contributed by atoms with E-state index < -0.39 is 5.91 Å². The number of thiophene rings is 1. The van der Waals surface area contributed by atoms with Gasteiger partial charge in [0, 0.05) is 12.7 Å². The fourth-order valence-electron chi connectivity index (χ4n) is 2.86. The van der Waals surface area contributed by atoms with Gasteiger partial charge in [-0.15, -0.1) is 0 Å². The van der Waals surface area contributed by atoms with Gasteiger partial charge in [0.25, 0.3) is 11.5 Å². The number of anilines is 1. The Morgan fingerprint density at radius 1 is 1.27 bits per heavy atom. The second-order valence-corrected chi connectivity index (χ2v) is 6.70. The molecular weight excluding hydrogens is 350 g/mol. The van der Waals surface area contributed by atoms with Crippen molar-refractivity contribution in [3.05, 3.63) is 69.1 Å². The van der Waals surface area contributed by atoms with Gasteiger partial charge in [-0.2, -0.15) is 11.3 Å². The molecule has 0 fully saturated rings. The monoisotopic (exact) mass is 365 g/mol. The summed E-state index contributed by atoms with van der Waals surface area (Å²) in [5, 5.41) is 7.10. The predicted octanol–water partition coefficient (Wildman–Crippen LogP) is 3.82. The van der Waals surface area contributed by atoms with Crippen LogP contribution in [0.15, 0.2) is 56.6 Å². The first kappa shape index (κ1) is 16.3. The number of nitrogens with one attached hydrogen (secondary N) is 1. The highest BCUT2D eigenvalue weighted by atomic mass is 32.1. The number of rotatable bonds is 3. The summed E-state index contributed by atoms with van der Waals surface area (Å²) < 4.78 is 6.82. The minimum Gasteiger partial charge on any atom is -0.442 e. The number of furan rings is 1. The lowest BCUT2D eigenvalue weighted by atomic mass is 10.1. The summed E-state index contributed by atoms with van der Waals surface area (Å²) >= 11 is 1.61.